The number of carbonyl (C=O) groups is 1. The van der Waals surface area contributed by atoms with Gasteiger partial charge in [0.05, 0.1) is 4.90 Å². The summed E-state index contributed by atoms with van der Waals surface area (Å²) < 4.78 is 22.6. The Morgan fingerprint density at radius 1 is 1.12 bits per heavy atom. The largest absolute Gasteiger partial charge is 0.369 e. The van der Waals surface area contributed by atoms with Crippen LogP contribution >= 0.6 is 0 Å². The zero-order valence-electron chi connectivity index (χ0n) is 13.9. The van der Waals surface area contributed by atoms with Crippen molar-refractivity contribution in [2.75, 3.05) is 51.2 Å². The lowest BCUT2D eigenvalue weighted by atomic mass is 10.1. The van der Waals surface area contributed by atoms with Crippen LogP contribution in [0.5, 0.6) is 0 Å². The van der Waals surface area contributed by atoms with E-state index < -0.39 is 10.0 Å². The molecule has 0 spiro atoms. The molecule has 1 aromatic rings. The molecule has 2 aliphatic rings. The van der Waals surface area contributed by atoms with Gasteiger partial charge in [0.15, 0.2) is 0 Å². The van der Waals surface area contributed by atoms with E-state index in [1.54, 1.807) is 24.3 Å². The van der Waals surface area contributed by atoms with E-state index in [4.69, 9.17) is 5.14 Å². The highest BCUT2D eigenvalue weighted by molar-refractivity contribution is 7.89. The number of likely N-dealkylation sites (tertiary alicyclic amines) is 1. The molecule has 1 unspecified atom stereocenters. The third-order valence-corrected chi connectivity index (χ3v) is 5.77. The highest BCUT2D eigenvalue weighted by Gasteiger charge is 2.29. The fourth-order valence-electron chi connectivity index (χ4n) is 3.48. The van der Waals surface area contributed by atoms with Gasteiger partial charge in [-0.05, 0) is 30.2 Å². The summed E-state index contributed by atoms with van der Waals surface area (Å²) in [5, 5.41) is 5.13. The van der Waals surface area contributed by atoms with E-state index in [1.807, 2.05) is 11.9 Å². The van der Waals surface area contributed by atoms with E-state index in [2.05, 4.69) is 9.80 Å². The highest BCUT2D eigenvalue weighted by Crippen LogP contribution is 2.21. The molecule has 24 heavy (non-hydrogen) atoms. The number of sulfonamides is 1. The molecule has 3 rings (SSSR count). The first kappa shape index (κ1) is 17.2. The molecule has 8 heteroatoms. The Morgan fingerprint density at radius 3 is 2.25 bits per heavy atom. The average Bonchev–Trinajstić information content (AvgIpc) is 2.85. The van der Waals surface area contributed by atoms with Crippen molar-refractivity contribution in [3.63, 3.8) is 0 Å². The summed E-state index contributed by atoms with van der Waals surface area (Å²) in [5.41, 5.74) is 1.01. The first-order chi connectivity index (χ1) is 11.3. The number of carbonyl (C=O) groups excluding carboxylic acids is 1. The number of anilines is 1. The third kappa shape index (κ3) is 3.88. The maximum absolute atomic E-state index is 11.6. The van der Waals surface area contributed by atoms with Gasteiger partial charge in [0.1, 0.15) is 0 Å². The second kappa shape index (κ2) is 6.70. The van der Waals surface area contributed by atoms with Crippen LogP contribution in [0.1, 0.15) is 6.42 Å². The molecule has 1 atom stereocenters. The number of hydrogen-bond donors (Lipinski definition) is 1. The molecule has 0 aromatic heterocycles. The lowest BCUT2D eigenvalue weighted by Crippen LogP contribution is -2.48. The fourth-order valence-corrected chi connectivity index (χ4v) is 3.99. The second-order valence-corrected chi connectivity index (χ2v) is 8.23. The van der Waals surface area contributed by atoms with Gasteiger partial charge < -0.3 is 9.80 Å². The molecule has 1 amide bonds. The van der Waals surface area contributed by atoms with E-state index in [9.17, 15) is 13.2 Å². The SMILES string of the molecule is CN1CC(CN2CCN(c3ccc(S(N)(=O)=O)cc3)CC2)CC1=O. The molecule has 2 aliphatic heterocycles. The van der Waals surface area contributed by atoms with Crippen molar-refractivity contribution in [1.82, 2.24) is 9.80 Å². The molecule has 2 saturated heterocycles. The van der Waals surface area contributed by atoms with E-state index >= 15 is 0 Å². The minimum absolute atomic E-state index is 0.139. The predicted molar refractivity (Wildman–Crippen MR) is 92.2 cm³/mol. The summed E-state index contributed by atoms with van der Waals surface area (Å²) in [7, 11) is -1.77. The highest BCUT2D eigenvalue weighted by atomic mass is 32.2. The number of hydrogen-bond acceptors (Lipinski definition) is 5. The van der Waals surface area contributed by atoms with Gasteiger partial charge in [-0.3, -0.25) is 9.69 Å². The molecule has 0 radical (unpaired) electrons. The zero-order valence-corrected chi connectivity index (χ0v) is 14.7. The summed E-state index contributed by atoms with van der Waals surface area (Å²) in [6.07, 6.45) is 0.658. The summed E-state index contributed by atoms with van der Waals surface area (Å²) in [6.45, 7) is 5.51. The number of rotatable bonds is 4. The van der Waals surface area contributed by atoms with E-state index in [-0.39, 0.29) is 10.8 Å². The molecule has 0 aliphatic carbocycles. The van der Waals surface area contributed by atoms with Crippen molar-refractivity contribution in [2.45, 2.75) is 11.3 Å². The lowest BCUT2D eigenvalue weighted by molar-refractivity contribution is -0.126. The Balaban J connectivity index is 1.53. The molecular formula is C16H24N4O3S. The Hall–Kier alpha value is -1.64. The zero-order chi connectivity index (χ0) is 17.3. The molecule has 132 valence electrons. The van der Waals surface area contributed by atoms with E-state index in [0.717, 1.165) is 45.0 Å². The topological polar surface area (TPSA) is 86.9 Å². The quantitative estimate of drug-likeness (QED) is 0.820. The number of nitrogens with zero attached hydrogens (tertiary/aromatic N) is 3. The van der Waals surface area contributed by atoms with E-state index in [1.165, 1.54) is 0 Å². The van der Waals surface area contributed by atoms with Crippen molar-refractivity contribution in [3.8, 4) is 0 Å². The first-order valence-electron chi connectivity index (χ1n) is 8.17. The van der Waals surface area contributed by atoms with Crippen LogP contribution in [0.4, 0.5) is 5.69 Å². The van der Waals surface area contributed by atoms with Gasteiger partial charge in [-0.15, -0.1) is 0 Å². The molecule has 0 bridgehead atoms. The van der Waals surface area contributed by atoms with Crippen molar-refractivity contribution in [2.24, 2.45) is 11.1 Å². The lowest BCUT2D eigenvalue weighted by Gasteiger charge is -2.37. The van der Waals surface area contributed by atoms with Crippen LogP contribution < -0.4 is 10.0 Å². The number of benzene rings is 1. The van der Waals surface area contributed by atoms with Gasteiger partial charge >= 0.3 is 0 Å². The summed E-state index contributed by atoms with van der Waals surface area (Å²) in [5.74, 6) is 0.677. The van der Waals surface area contributed by atoms with Crippen LogP contribution in [0.15, 0.2) is 29.2 Å². The minimum atomic E-state index is -3.64. The van der Waals surface area contributed by atoms with Gasteiger partial charge in [0, 0.05) is 58.4 Å². The molecular weight excluding hydrogens is 328 g/mol. The third-order valence-electron chi connectivity index (χ3n) is 4.84. The Morgan fingerprint density at radius 2 is 1.75 bits per heavy atom. The van der Waals surface area contributed by atoms with Crippen LogP contribution in [0.3, 0.4) is 0 Å². The standard InChI is InChI=1S/C16H24N4O3S/c1-18-11-13(10-16(18)21)12-19-6-8-20(9-7-19)14-2-4-15(5-3-14)24(17,22)23/h2-5,13H,6-12H2,1H3,(H2,17,22,23). The monoisotopic (exact) mass is 352 g/mol. The molecule has 7 nitrogen and oxygen atoms in total. The van der Waals surface area contributed by atoms with Crippen molar-refractivity contribution < 1.29 is 13.2 Å². The number of primary sulfonamides is 1. The van der Waals surface area contributed by atoms with Crippen molar-refractivity contribution in [1.29, 1.82) is 0 Å². The number of amides is 1. The van der Waals surface area contributed by atoms with Crippen molar-refractivity contribution in [3.05, 3.63) is 24.3 Å². The normalized spacial score (nSPS) is 23.1. The minimum Gasteiger partial charge on any atom is -0.369 e. The summed E-state index contributed by atoms with van der Waals surface area (Å²) in [6, 6.07) is 6.72. The van der Waals surface area contributed by atoms with Crippen LogP contribution in [0.25, 0.3) is 0 Å². The smallest absolute Gasteiger partial charge is 0.238 e. The van der Waals surface area contributed by atoms with Gasteiger partial charge in [-0.25, -0.2) is 13.6 Å². The van der Waals surface area contributed by atoms with Crippen LogP contribution in [0, 0.1) is 5.92 Å². The maximum Gasteiger partial charge on any atom is 0.238 e. The molecule has 2 heterocycles. The fraction of sp³-hybridized carbons (Fsp3) is 0.562. The second-order valence-electron chi connectivity index (χ2n) is 6.67. The molecule has 0 saturated carbocycles. The van der Waals surface area contributed by atoms with Crippen LogP contribution in [-0.2, 0) is 14.8 Å². The molecule has 2 N–H and O–H groups in total. The van der Waals surface area contributed by atoms with Gasteiger partial charge in [-0.2, -0.15) is 0 Å². The van der Waals surface area contributed by atoms with Gasteiger partial charge in [0.25, 0.3) is 0 Å². The van der Waals surface area contributed by atoms with Crippen LogP contribution in [-0.4, -0.2) is 70.4 Å². The van der Waals surface area contributed by atoms with Crippen LogP contribution in [0.2, 0.25) is 0 Å². The predicted octanol–water partition coefficient (Wildman–Crippen LogP) is -0.0657. The Kier molecular flexibility index (Phi) is 4.80. The Bertz CT molecular complexity index is 697. The maximum atomic E-state index is 11.6. The van der Waals surface area contributed by atoms with Crippen molar-refractivity contribution >= 4 is 21.6 Å². The first-order valence-corrected chi connectivity index (χ1v) is 9.72. The number of nitrogens with two attached hydrogens (primary N) is 1. The summed E-state index contributed by atoms with van der Waals surface area (Å²) >= 11 is 0. The summed E-state index contributed by atoms with van der Waals surface area (Å²) in [4.78, 5) is 18.2. The molecule has 2 fully saturated rings. The Labute approximate surface area is 143 Å². The average molecular weight is 352 g/mol. The van der Waals surface area contributed by atoms with Gasteiger partial charge in [-0.1, -0.05) is 0 Å². The number of piperazine rings is 1. The molecule has 1 aromatic carbocycles. The van der Waals surface area contributed by atoms with Gasteiger partial charge in [0.2, 0.25) is 15.9 Å². The van der Waals surface area contributed by atoms with E-state index in [0.29, 0.717) is 12.3 Å².